The fraction of sp³-hybridized carbons (Fsp3) is 0.476. The maximum atomic E-state index is 12.5. The average molecular weight is 419 g/mol. The predicted octanol–water partition coefficient (Wildman–Crippen LogP) is 2.65. The highest BCUT2D eigenvalue weighted by Gasteiger charge is 2.26. The van der Waals surface area contributed by atoms with Crippen molar-refractivity contribution in [3.05, 3.63) is 51.8 Å². The van der Waals surface area contributed by atoms with Crippen molar-refractivity contribution in [1.82, 2.24) is 15.1 Å². The predicted molar refractivity (Wildman–Crippen MR) is 114 cm³/mol. The number of benzene rings is 1. The van der Waals surface area contributed by atoms with E-state index in [2.05, 4.69) is 15.3 Å². The molecule has 1 N–H and O–H groups in total. The number of hydrogen-bond acceptors (Lipinski definition) is 5. The van der Waals surface area contributed by atoms with Gasteiger partial charge in [0.1, 0.15) is 5.82 Å². The fourth-order valence-electron chi connectivity index (χ4n) is 3.44. The third-order valence-corrected chi connectivity index (χ3v) is 5.16. The number of nitrogens with one attached hydrogen (secondary N) is 1. The summed E-state index contributed by atoms with van der Waals surface area (Å²) in [5.41, 5.74) is 0.390. The van der Waals surface area contributed by atoms with Crippen molar-refractivity contribution in [2.45, 2.75) is 26.2 Å². The summed E-state index contributed by atoms with van der Waals surface area (Å²) in [5, 5.41) is 8.06. The largest absolute Gasteiger partial charge is 0.382 e. The molecule has 1 aliphatic heterocycles. The zero-order valence-electron chi connectivity index (χ0n) is 16.6. The molecule has 0 radical (unpaired) electrons. The van der Waals surface area contributed by atoms with Crippen LogP contribution in [0, 0.1) is 5.92 Å². The normalized spacial score (nSPS) is 16.6. The van der Waals surface area contributed by atoms with Crippen LogP contribution in [0.15, 0.2) is 41.2 Å². The first kappa shape index (κ1) is 21.3. The molecule has 1 amide bonds. The summed E-state index contributed by atoms with van der Waals surface area (Å²) in [4.78, 5) is 26.9. The Morgan fingerprint density at radius 1 is 1.34 bits per heavy atom. The molecule has 1 fully saturated rings. The number of anilines is 1. The van der Waals surface area contributed by atoms with Crippen molar-refractivity contribution >= 4 is 23.3 Å². The van der Waals surface area contributed by atoms with Crippen LogP contribution in [0.2, 0.25) is 5.02 Å². The van der Waals surface area contributed by atoms with Gasteiger partial charge in [-0.3, -0.25) is 9.59 Å². The molecule has 0 spiro atoms. The minimum Gasteiger partial charge on any atom is -0.382 e. The highest BCUT2D eigenvalue weighted by Crippen LogP contribution is 2.22. The first-order valence-corrected chi connectivity index (χ1v) is 10.4. The monoisotopic (exact) mass is 418 g/mol. The van der Waals surface area contributed by atoms with E-state index in [1.807, 2.05) is 6.92 Å². The van der Waals surface area contributed by atoms with Crippen LogP contribution in [0.25, 0.3) is 5.69 Å². The van der Waals surface area contributed by atoms with Gasteiger partial charge in [-0.25, -0.2) is 0 Å². The van der Waals surface area contributed by atoms with E-state index < -0.39 is 0 Å². The van der Waals surface area contributed by atoms with Gasteiger partial charge in [0.15, 0.2) is 0 Å². The van der Waals surface area contributed by atoms with Gasteiger partial charge < -0.3 is 15.0 Å². The second-order valence-corrected chi connectivity index (χ2v) is 7.48. The van der Waals surface area contributed by atoms with Gasteiger partial charge in [-0.05, 0) is 50.5 Å². The molecule has 0 bridgehead atoms. The summed E-state index contributed by atoms with van der Waals surface area (Å²) in [7, 11) is 0. The van der Waals surface area contributed by atoms with Crippen LogP contribution in [0.1, 0.15) is 26.2 Å². The molecule has 1 aromatic carbocycles. The molecule has 7 nitrogen and oxygen atoms in total. The third kappa shape index (κ3) is 5.81. The molecule has 156 valence electrons. The van der Waals surface area contributed by atoms with E-state index in [1.165, 1.54) is 10.7 Å². The number of rotatable bonds is 8. The molecule has 29 heavy (non-hydrogen) atoms. The lowest BCUT2D eigenvalue weighted by Crippen LogP contribution is -2.44. The van der Waals surface area contributed by atoms with Crippen molar-refractivity contribution in [2.75, 3.05) is 37.7 Å². The Hall–Kier alpha value is -2.38. The molecule has 1 atom stereocenters. The van der Waals surface area contributed by atoms with E-state index in [0.717, 1.165) is 25.8 Å². The van der Waals surface area contributed by atoms with Crippen molar-refractivity contribution in [3.63, 3.8) is 0 Å². The molecule has 1 aliphatic rings. The van der Waals surface area contributed by atoms with Crippen LogP contribution in [-0.4, -0.2) is 48.5 Å². The molecule has 0 saturated carbocycles. The fourth-order valence-corrected chi connectivity index (χ4v) is 3.62. The minimum atomic E-state index is -0.225. The Bertz CT molecular complexity index is 886. The van der Waals surface area contributed by atoms with Crippen LogP contribution in [0.4, 0.5) is 5.82 Å². The summed E-state index contributed by atoms with van der Waals surface area (Å²) in [5.74, 6) is 0.650. The minimum absolute atomic E-state index is 0.0642. The maximum absolute atomic E-state index is 12.5. The Morgan fingerprint density at radius 3 is 3.00 bits per heavy atom. The van der Waals surface area contributed by atoms with Gasteiger partial charge in [0.2, 0.25) is 5.91 Å². The summed E-state index contributed by atoms with van der Waals surface area (Å²) in [6, 6.07) is 10.2. The lowest BCUT2D eigenvalue weighted by molar-refractivity contribution is -0.125. The quantitative estimate of drug-likeness (QED) is 0.667. The van der Waals surface area contributed by atoms with Crippen molar-refractivity contribution in [3.8, 4) is 5.69 Å². The Labute approximate surface area is 175 Å². The number of nitrogens with zero attached hydrogens (tertiary/aromatic N) is 3. The molecule has 8 heteroatoms. The average Bonchev–Trinajstić information content (AvgIpc) is 2.74. The van der Waals surface area contributed by atoms with Crippen LogP contribution in [-0.2, 0) is 9.53 Å². The highest BCUT2D eigenvalue weighted by atomic mass is 35.5. The SMILES string of the molecule is CCOCCCNC(=O)C1CCCN(c2ccc(=O)n(-c3cccc(Cl)c3)n2)C1. The van der Waals surface area contributed by atoms with Gasteiger partial charge in [-0.1, -0.05) is 17.7 Å². The summed E-state index contributed by atoms with van der Waals surface area (Å²) < 4.78 is 6.64. The van der Waals surface area contributed by atoms with E-state index >= 15 is 0 Å². The lowest BCUT2D eigenvalue weighted by atomic mass is 9.97. The molecule has 0 aliphatic carbocycles. The van der Waals surface area contributed by atoms with Crippen LogP contribution in [0.5, 0.6) is 0 Å². The zero-order chi connectivity index (χ0) is 20.6. The number of hydrogen-bond donors (Lipinski definition) is 1. The lowest BCUT2D eigenvalue weighted by Gasteiger charge is -2.33. The number of halogens is 1. The second kappa shape index (κ2) is 10.4. The van der Waals surface area contributed by atoms with E-state index in [4.69, 9.17) is 16.3 Å². The van der Waals surface area contributed by atoms with E-state index in [0.29, 0.717) is 42.8 Å². The maximum Gasteiger partial charge on any atom is 0.271 e. The molecule has 1 saturated heterocycles. The Balaban J connectivity index is 1.67. The number of carbonyl (C=O) groups is 1. The van der Waals surface area contributed by atoms with Gasteiger partial charge >= 0.3 is 0 Å². The third-order valence-electron chi connectivity index (χ3n) is 4.92. The van der Waals surface area contributed by atoms with E-state index in [9.17, 15) is 9.59 Å². The molecular weight excluding hydrogens is 392 g/mol. The number of carbonyl (C=O) groups excluding carboxylic acids is 1. The molecule has 2 aromatic rings. The van der Waals surface area contributed by atoms with Crippen LogP contribution < -0.4 is 15.8 Å². The topological polar surface area (TPSA) is 76.5 Å². The van der Waals surface area contributed by atoms with Gasteiger partial charge in [-0.15, -0.1) is 5.10 Å². The summed E-state index contributed by atoms with van der Waals surface area (Å²) in [6.07, 6.45) is 2.55. The Kier molecular flexibility index (Phi) is 7.66. The number of ether oxygens (including phenoxy) is 1. The van der Waals surface area contributed by atoms with Gasteiger partial charge in [-0.2, -0.15) is 4.68 Å². The van der Waals surface area contributed by atoms with Crippen molar-refractivity contribution in [1.29, 1.82) is 0 Å². The number of aromatic nitrogens is 2. The number of piperidine rings is 1. The molecule has 2 heterocycles. The smallest absolute Gasteiger partial charge is 0.271 e. The van der Waals surface area contributed by atoms with Gasteiger partial charge in [0, 0.05) is 43.9 Å². The first-order valence-electron chi connectivity index (χ1n) is 10.0. The van der Waals surface area contributed by atoms with Crippen molar-refractivity contribution in [2.24, 2.45) is 5.92 Å². The van der Waals surface area contributed by atoms with E-state index in [-0.39, 0.29) is 17.4 Å². The molecule has 1 aromatic heterocycles. The summed E-state index contributed by atoms with van der Waals surface area (Å²) >= 11 is 6.05. The molecule has 1 unspecified atom stereocenters. The van der Waals surface area contributed by atoms with Crippen LogP contribution >= 0.6 is 11.6 Å². The highest BCUT2D eigenvalue weighted by molar-refractivity contribution is 6.30. The second-order valence-electron chi connectivity index (χ2n) is 7.05. The zero-order valence-corrected chi connectivity index (χ0v) is 17.4. The van der Waals surface area contributed by atoms with E-state index in [1.54, 1.807) is 30.3 Å². The molecule has 3 rings (SSSR count). The number of amides is 1. The standard InChI is InChI=1S/C21H27ClN4O3/c1-2-29-13-5-11-23-21(28)16-6-4-12-25(15-16)19-9-10-20(27)26(24-19)18-8-3-7-17(22)14-18/h3,7-10,14,16H,2,4-6,11-13,15H2,1H3,(H,23,28). The van der Waals surface area contributed by atoms with Gasteiger partial charge in [0.05, 0.1) is 11.6 Å². The molecular formula is C21H27ClN4O3. The summed E-state index contributed by atoms with van der Waals surface area (Å²) in [6.45, 7) is 5.30. The first-order chi connectivity index (χ1) is 14.1. The van der Waals surface area contributed by atoms with Gasteiger partial charge in [0.25, 0.3) is 5.56 Å². The Morgan fingerprint density at radius 2 is 2.21 bits per heavy atom. The van der Waals surface area contributed by atoms with Crippen molar-refractivity contribution < 1.29 is 9.53 Å². The van der Waals surface area contributed by atoms with Crippen LogP contribution in [0.3, 0.4) is 0 Å².